The molecule has 0 saturated carbocycles. The maximum absolute atomic E-state index is 12.2. The number of nitrogens with one attached hydrogen (secondary N) is 2. The van der Waals surface area contributed by atoms with Crippen LogP contribution in [-0.2, 0) is 4.79 Å². The van der Waals surface area contributed by atoms with Crippen LogP contribution < -0.4 is 10.6 Å². The Kier molecular flexibility index (Phi) is 5.53. The minimum Gasteiger partial charge on any atom is -0.325 e. The predicted octanol–water partition coefficient (Wildman–Crippen LogP) is 4.13. The Balaban J connectivity index is 1.92. The highest BCUT2D eigenvalue weighted by Gasteiger charge is 2.16. The van der Waals surface area contributed by atoms with Gasteiger partial charge in [-0.1, -0.05) is 46.3 Å². The van der Waals surface area contributed by atoms with Crippen molar-refractivity contribution in [2.45, 2.75) is 25.9 Å². The summed E-state index contributed by atoms with van der Waals surface area (Å²) in [4.78, 5) is 12.2. The number of rotatable bonds is 5. The van der Waals surface area contributed by atoms with Crippen molar-refractivity contribution in [1.29, 1.82) is 0 Å². The van der Waals surface area contributed by atoms with Crippen LogP contribution >= 0.6 is 15.9 Å². The molecule has 3 nitrogen and oxygen atoms in total. The lowest BCUT2D eigenvalue weighted by molar-refractivity contribution is -0.117. The number of hydrogen-bond acceptors (Lipinski definition) is 2. The topological polar surface area (TPSA) is 41.1 Å². The SMILES string of the molecule is C[C@H](N[C@H](C)C(=O)Nc1ccc(Br)cc1)c1ccccc1. The lowest BCUT2D eigenvalue weighted by Crippen LogP contribution is -2.39. The van der Waals surface area contributed by atoms with E-state index in [1.54, 1.807) is 0 Å². The van der Waals surface area contributed by atoms with Crippen molar-refractivity contribution in [3.05, 3.63) is 64.6 Å². The highest BCUT2D eigenvalue weighted by molar-refractivity contribution is 9.10. The van der Waals surface area contributed by atoms with E-state index >= 15 is 0 Å². The van der Waals surface area contributed by atoms with E-state index in [2.05, 4.69) is 45.6 Å². The minimum atomic E-state index is -0.274. The first-order valence-electron chi connectivity index (χ1n) is 6.93. The first-order chi connectivity index (χ1) is 10.1. The molecule has 0 unspecified atom stereocenters. The molecule has 0 radical (unpaired) electrons. The van der Waals surface area contributed by atoms with Gasteiger partial charge in [0, 0.05) is 16.2 Å². The molecule has 110 valence electrons. The number of hydrogen-bond donors (Lipinski definition) is 2. The number of carbonyl (C=O) groups is 1. The summed E-state index contributed by atoms with van der Waals surface area (Å²) in [6.07, 6.45) is 0. The third-order valence-corrected chi connectivity index (χ3v) is 3.83. The zero-order valence-corrected chi connectivity index (χ0v) is 13.7. The van der Waals surface area contributed by atoms with Crippen LogP contribution in [0, 0.1) is 0 Å². The number of anilines is 1. The van der Waals surface area contributed by atoms with Crippen LogP contribution in [0.2, 0.25) is 0 Å². The Hall–Kier alpha value is -1.65. The molecule has 0 saturated heterocycles. The molecule has 0 aromatic heterocycles. The first-order valence-corrected chi connectivity index (χ1v) is 7.73. The van der Waals surface area contributed by atoms with Crippen molar-refractivity contribution < 1.29 is 4.79 Å². The first kappa shape index (κ1) is 15.7. The normalized spacial score (nSPS) is 13.5. The van der Waals surface area contributed by atoms with Crippen LogP contribution in [0.5, 0.6) is 0 Å². The molecule has 0 spiro atoms. The molecule has 1 amide bonds. The van der Waals surface area contributed by atoms with Crippen LogP contribution in [-0.4, -0.2) is 11.9 Å². The molecular weight excluding hydrogens is 328 g/mol. The van der Waals surface area contributed by atoms with Gasteiger partial charge < -0.3 is 5.32 Å². The number of carbonyl (C=O) groups excluding carboxylic acids is 1. The summed E-state index contributed by atoms with van der Waals surface area (Å²) >= 11 is 3.37. The fourth-order valence-electron chi connectivity index (χ4n) is 2.07. The van der Waals surface area contributed by atoms with E-state index < -0.39 is 0 Å². The molecule has 2 aromatic carbocycles. The molecule has 2 N–H and O–H groups in total. The highest BCUT2D eigenvalue weighted by Crippen LogP contribution is 2.15. The summed E-state index contributed by atoms with van der Waals surface area (Å²) in [5.41, 5.74) is 1.96. The average Bonchev–Trinajstić information content (AvgIpc) is 2.50. The summed E-state index contributed by atoms with van der Waals surface area (Å²) in [7, 11) is 0. The third-order valence-electron chi connectivity index (χ3n) is 3.30. The largest absolute Gasteiger partial charge is 0.325 e. The van der Waals surface area contributed by atoms with E-state index in [1.807, 2.05) is 49.4 Å². The molecule has 21 heavy (non-hydrogen) atoms. The van der Waals surface area contributed by atoms with E-state index in [9.17, 15) is 4.79 Å². The quantitative estimate of drug-likeness (QED) is 0.854. The number of amides is 1. The van der Waals surface area contributed by atoms with Crippen molar-refractivity contribution >= 4 is 27.5 Å². The summed E-state index contributed by atoms with van der Waals surface area (Å²) in [5, 5.41) is 6.21. The summed E-state index contributed by atoms with van der Waals surface area (Å²) < 4.78 is 0.990. The van der Waals surface area contributed by atoms with E-state index in [0.29, 0.717) is 0 Å². The minimum absolute atomic E-state index is 0.0416. The smallest absolute Gasteiger partial charge is 0.241 e. The molecule has 2 aromatic rings. The maximum atomic E-state index is 12.2. The van der Waals surface area contributed by atoms with Gasteiger partial charge in [-0.05, 0) is 43.7 Å². The molecule has 0 fully saturated rings. The highest BCUT2D eigenvalue weighted by atomic mass is 79.9. The number of halogens is 1. The van der Waals surface area contributed by atoms with Gasteiger partial charge in [-0.3, -0.25) is 10.1 Å². The monoisotopic (exact) mass is 346 g/mol. The standard InChI is InChI=1S/C17H19BrN2O/c1-12(14-6-4-3-5-7-14)19-13(2)17(21)20-16-10-8-15(18)9-11-16/h3-13,19H,1-2H3,(H,20,21)/t12-,13+/m0/s1. The molecule has 0 heterocycles. The van der Waals surface area contributed by atoms with Gasteiger partial charge in [0.2, 0.25) is 5.91 Å². The van der Waals surface area contributed by atoms with Crippen LogP contribution in [0.15, 0.2) is 59.1 Å². The fourth-order valence-corrected chi connectivity index (χ4v) is 2.34. The van der Waals surface area contributed by atoms with Crippen LogP contribution in [0.4, 0.5) is 5.69 Å². The van der Waals surface area contributed by atoms with Gasteiger partial charge >= 0.3 is 0 Å². The lowest BCUT2D eigenvalue weighted by Gasteiger charge is -2.20. The Morgan fingerprint density at radius 1 is 1.00 bits per heavy atom. The predicted molar refractivity (Wildman–Crippen MR) is 90.2 cm³/mol. The molecule has 0 aliphatic rings. The summed E-state index contributed by atoms with van der Waals surface area (Å²) in [6.45, 7) is 3.92. The third kappa shape index (κ3) is 4.69. The van der Waals surface area contributed by atoms with Gasteiger partial charge in [0.15, 0.2) is 0 Å². The summed E-state index contributed by atoms with van der Waals surface area (Å²) in [5.74, 6) is -0.0416. The van der Waals surface area contributed by atoms with Crippen molar-refractivity contribution in [3.63, 3.8) is 0 Å². The summed E-state index contributed by atoms with van der Waals surface area (Å²) in [6, 6.07) is 17.5. The van der Waals surface area contributed by atoms with Crippen molar-refractivity contribution in [2.24, 2.45) is 0 Å². The van der Waals surface area contributed by atoms with Crippen LogP contribution in [0.3, 0.4) is 0 Å². The Labute approximate surface area is 133 Å². The second-order valence-electron chi connectivity index (χ2n) is 5.02. The van der Waals surface area contributed by atoms with Crippen molar-refractivity contribution in [1.82, 2.24) is 5.32 Å². The van der Waals surface area contributed by atoms with Gasteiger partial charge in [-0.25, -0.2) is 0 Å². The van der Waals surface area contributed by atoms with Gasteiger partial charge in [0.25, 0.3) is 0 Å². The molecule has 4 heteroatoms. The Morgan fingerprint density at radius 2 is 1.62 bits per heavy atom. The van der Waals surface area contributed by atoms with Crippen LogP contribution in [0.25, 0.3) is 0 Å². The second-order valence-corrected chi connectivity index (χ2v) is 5.93. The zero-order chi connectivity index (χ0) is 15.2. The van der Waals surface area contributed by atoms with Gasteiger partial charge in [0.05, 0.1) is 6.04 Å². The van der Waals surface area contributed by atoms with Crippen LogP contribution in [0.1, 0.15) is 25.5 Å². The molecule has 2 rings (SSSR count). The molecule has 2 atom stereocenters. The Morgan fingerprint density at radius 3 is 2.24 bits per heavy atom. The Bertz CT molecular complexity index is 583. The molecule has 0 aliphatic carbocycles. The van der Waals surface area contributed by atoms with E-state index in [4.69, 9.17) is 0 Å². The fraction of sp³-hybridized carbons (Fsp3) is 0.235. The van der Waals surface area contributed by atoms with Crippen molar-refractivity contribution in [3.8, 4) is 0 Å². The van der Waals surface area contributed by atoms with Crippen molar-refractivity contribution in [2.75, 3.05) is 5.32 Å². The van der Waals surface area contributed by atoms with E-state index in [-0.39, 0.29) is 18.0 Å². The lowest BCUT2D eigenvalue weighted by atomic mass is 10.1. The maximum Gasteiger partial charge on any atom is 0.241 e. The molecule has 0 bridgehead atoms. The number of benzene rings is 2. The average molecular weight is 347 g/mol. The van der Waals surface area contributed by atoms with E-state index in [1.165, 1.54) is 5.56 Å². The van der Waals surface area contributed by atoms with E-state index in [0.717, 1.165) is 10.2 Å². The molecular formula is C17H19BrN2O. The zero-order valence-electron chi connectivity index (χ0n) is 12.1. The second kappa shape index (κ2) is 7.38. The van der Waals surface area contributed by atoms with Gasteiger partial charge in [0.1, 0.15) is 0 Å². The molecule has 0 aliphatic heterocycles. The van der Waals surface area contributed by atoms with Gasteiger partial charge in [-0.15, -0.1) is 0 Å². The van der Waals surface area contributed by atoms with Gasteiger partial charge in [-0.2, -0.15) is 0 Å².